The van der Waals surface area contributed by atoms with Crippen LogP contribution >= 0.6 is 0 Å². The van der Waals surface area contributed by atoms with Crippen LogP contribution in [0, 0.1) is 0 Å². The zero-order valence-electron chi connectivity index (χ0n) is 8.14. The Morgan fingerprint density at radius 2 is 2.25 bits per heavy atom. The third-order valence-corrected chi connectivity index (χ3v) is 1.74. The molecule has 0 fully saturated rings. The van der Waals surface area contributed by atoms with Crippen LogP contribution in [0.15, 0.2) is 37.1 Å². The molecule has 0 saturated carbocycles. The summed E-state index contributed by atoms with van der Waals surface area (Å²) in [4.78, 5) is 0. The summed E-state index contributed by atoms with van der Waals surface area (Å²) in [6, 6.07) is 0.288. The van der Waals surface area contributed by atoms with E-state index in [-0.39, 0.29) is 6.04 Å². The summed E-state index contributed by atoms with van der Waals surface area (Å²) in [5.74, 6) is 0. The maximum absolute atomic E-state index is 3.86. The molecule has 0 heterocycles. The summed E-state index contributed by atoms with van der Waals surface area (Å²) < 4.78 is 0. The number of hydrogen-bond acceptors (Lipinski definition) is 1. The van der Waals surface area contributed by atoms with Crippen molar-refractivity contribution < 1.29 is 0 Å². The lowest BCUT2D eigenvalue weighted by Crippen LogP contribution is -2.21. The van der Waals surface area contributed by atoms with Gasteiger partial charge in [-0.15, -0.1) is 0 Å². The van der Waals surface area contributed by atoms with Crippen molar-refractivity contribution >= 4 is 0 Å². The predicted octanol–water partition coefficient (Wildman–Crippen LogP) is 3.02. The van der Waals surface area contributed by atoms with Gasteiger partial charge >= 0.3 is 0 Å². The van der Waals surface area contributed by atoms with Crippen molar-refractivity contribution in [2.75, 3.05) is 0 Å². The summed E-state index contributed by atoms with van der Waals surface area (Å²) in [5.41, 5.74) is 1.02. The molecular weight excluding hydrogens is 146 g/mol. The van der Waals surface area contributed by atoms with E-state index in [1.165, 1.54) is 6.42 Å². The molecule has 68 valence electrons. The average Bonchev–Trinajstić information content (AvgIpc) is 2.10. The normalized spacial score (nSPS) is 12.8. The molecule has 1 unspecified atom stereocenters. The van der Waals surface area contributed by atoms with Gasteiger partial charge in [0.05, 0.1) is 0 Å². The molecule has 0 amide bonds. The average molecular weight is 165 g/mol. The summed E-state index contributed by atoms with van der Waals surface area (Å²) in [7, 11) is 0. The highest BCUT2D eigenvalue weighted by atomic mass is 14.9. The SMILES string of the molecule is C=CC(=C)C(C)N/C=C/CCC. The smallest absolute Gasteiger partial charge is 0.0474 e. The maximum Gasteiger partial charge on any atom is 0.0474 e. The zero-order valence-corrected chi connectivity index (χ0v) is 8.14. The Bertz CT molecular complexity index is 168. The van der Waals surface area contributed by atoms with Crippen molar-refractivity contribution in [2.24, 2.45) is 0 Å². The molecule has 1 nitrogen and oxygen atoms in total. The van der Waals surface area contributed by atoms with E-state index < -0.39 is 0 Å². The molecule has 0 radical (unpaired) electrons. The molecule has 0 bridgehead atoms. The lowest BCUT2D eigenvalue weighted by atomic mass is 10.1. The van der Waals surface area contributed by atoms with E-state index in [0.29, 0.717) is 0 Å². The summed E-state index contributed by atoms with van der Waals surface area (Å²) >= 11 is 0. The number of nitrogens with one attached hydrogen (secondary N) is 1. The van der Waals surface area contributed by atoms with Gasteiger partial charge in [-0.05, 0) is 25.1 Å². The first-order valence-electron chi connectivity index (χ1n) is 4.44. The second-order valence-corrected chi connectivity index (χ2v) is 2.86. The highest BCUT2D eigenvalue weighted by molar-refractivity contribution is 5.18. The number of allylic oxidation sites excluding steroid dienone is 1. The van der Waals surface area contributed by atoms with Gasteiger partial charge in [-0.25, -0.2) is 0 Å². The quantitative estimate of drug-likeness (QED) is 0.596. The topological polar surface area (TPSA) is 12.0 Å². The highest BCUT2D eigenvalue weighted by Crippen LogP contribution is 1.98. The first kappa shape index (κ1) is 11.0. The Morgan fingerprint density at radius 3 is 2.75 bits per heavy atom. The van der Waals surface area contributed by atoms with Crippen LogP contribution < -0.4 is 5.32 Å². The maximum atomic E-state index is 3.86. The molecule has 0 aliphatic carbocycles. The fourth-order valence-corrected chi connectivity index (χ4v) is 0.746. The third kappa shape index (κ3) is 4.78. The van der Waals surface area contributed by atoms with Crippen LogP contribution in [-0.2, 0) is 0 Å². The highest BCUT2D eigenvalue weighted by Gasteiger charge is 1.97. The number of rotatable bonds is 6. The number of unbranched alkanes of at least 4 members (excludes halogenated alkanes) is 1. The molecule has 12 heavy (non-hydrogen) atoms. The van der Waals surface area contributed by atoms with Crippen molar-refractivity contribution in [3.8, 4) is 0 Å². The largest absolute Gasteiger partial charge is 0.385 e. The van der Waals surface area contributed by atoms with E-state index in [2.05, 4.69) is 38.4 Å². The minimum absolute atomic E-state index is 0.288. The molecule has 1 atom stereocenters. The molecular formula is C11H19N. The van der Waals surface area contributed by atoms with Crippen LogP contribution in [0.25, 0.3) is 0 Å². The molecule has 1 heteroatoms. The van der Waals surface area contributed by atoms with Gasteiger partial charge in [0.15, 0.2) is 0 Å². The van der Waals surface area contributed by atoms with E-state index in [4.69, 9.17) is 0 Å². The Hall–Kier alpha value is -0.980. The minimum atomic E-state index is 0.288. The second kappa shape index (κ2) is 6.71. The van der Waals surface area contributed by atoms with Crippen LogP contribution in [-0.4, -0.2) is 6.04 Å². The van der Waals surface area contributed by atoms with Crippen LogP contribution in [0.4, 0.5) is 0 Å². The molecule has 0 saturated heterocycles. The lowest BCUT2D eigenvalue weighted by molar-refractivity contribution is 0.741. The third-order valence-electron chi connectivity index (χ3n) is 1.74. The molecule has 0 spiro atoms. The summed E-state index contributed by atoms with van der Waals surface area (Å²) in [6.45, 7) is 11.8. The Kier molecular flexibility index (Phi) is 6.16. The van der Waals surface area contributed by atoms with E-state index >= 15 is 0 Å². The minimum Gasteiger partial charge on any atom is -0.385 e. The van der Waals surface area contributed by atoms with Gasteiger partial charge in [-0.3, -0.25) is 0 Å². The van der Waals surface area contributed by atoms with Gasteiger partial charge in [0.2, 0.25) is 0 Å². The van der Waals surface area contributed by atoms with Gasteiger partial charge in [0, 0.05) is 6.04 Å². The first-order valence-corrected chi connectivity index (χ1v) is 4.44. The standard InChI is InChI=1S/C11H19N/c1-5-7-8-9-12-11(4)10(3)6-2/h6,8-9,11-12H,2-3,5,7H2,1,4H3/b9-8+. The first-order chi connectivity index (χ1) is 5.72. The Labute approximate surface area is 75.9 Å². The van der Waals surface area contributed by atoms with E-state index in [0.717, 1.165) is 12.0 Å². The van der Waals surface area contributed by atoms with Crippen molar-refractivity contribution in [1.82, 2.24) is 5.32 Å². The van der Waals surface area contributed by atoms with E-state index in [1.807, 2.05) is 6.20 Å². The molecule has 1 N–H and O–H groups in total. The molecule has 0 aliphatic heterocycles. The van der Waals surface area contributed by atoms with Gasteiger partial charge in [-0.1, -0.05) is 38.7 Å². The van der Waals surface area contributed by atoms with Crippen LogP contribution in [0.2, 0.25) is 0 Å². The molecule has 0 aromatic rings. The van der Waals surface area contributed by atoms with Crippen molar-refractivity contribution in [2.45, 2.75) is 32.7 Å². The molecule has 0 rings (SSSR count). The number of hydrogen-bond donors (Lipinski definition) is 1. The Balaban J connectivity index is 3.62. The van der Waals surface area contributed by atoms with Gasteiger partial charge in [0.25, 0.3) is 0 Å². The lowest BCUT2D eigenvalue weighted by Gasteiger charge is -2.10. The molecule has 0 aromatic carbocycles. The summed E-state index contributed by atoms with van der Waals surface area (Å²) in [6.07, 6.45) is 8.22. The van der Waals surface area contributed by atoms with Crippen molar-refractivity contribution in [1.29, 1.82) is 0 Å². The monoisotopic (exact) mass is 165 g/mol. The van der Waals surface area contributed by atoms with Crippen LogP contribution in [0.5, 0.6) is 0 Å². The fourth-order valence-electron chi connectivity index (χ4n) is 0.746. The van der Waals surface area contributed by atoms with E-state index in [9.17, 15) is 0 Å². The Morgan fingerprint density at radius 1 is 1.58 bits per heavy atom. The fraction of sp³-hybridized carbons (Fsp3) is 0.455. The second-order valence-electron chi connectivity index (χ2n) is 2.86. The molecule has 0 aromatic heterocycles. The molecule has 0 aliphatic rings. The predicted molar refractivity (Wildman–Crippen MR) is 56.0 cm³/mol. The van der Waals surface area contributed by atoms with Gasteiger partial charge < -0.3 is 5.32 Å². The van der Waals surface area contributed by atoms with Crippen LogP contribution in [0.1, 0.15) is 26.7 Å². The van der Waals surface area contributed by atoms with Gasteiger partial charge in [-0.2, -0.15) is 0 Å². The van der Waals surface area contributed by atoms with E-state index in [1.54, 1.807) is 6.08 Å². The van der Waals surface area contributed by atoms with Gasteiger partial charge in [0.1, 0.15) is 0 Å². The zero-order chi connectivity index (χ0) is 9.40. The van der Waals surface area contributed by atoms with Crippen molar-refractivity contribution in [3.05, 3.63) is 37.1 Å². The van der Waals surface area contributed by atoms with Crippen LogP contribution in [0.3, 0.4) is 0 Å². The summed E-state index contributed by atoms with van der Waals surface area (Å²) in [5, 5.41) is 3.22. The van der Waals surface area contributed by atoms with Crippen molar-refractivity contribution in [3.63, 3.8) is 0 Å².